The number of hydrogen-bond acceptors (Lipinski definition) is 4. The van der Waals surface area contributed by atoms with Crippen LogP contribution in [0.4, 0.5) is 0 Å². The van der Waals surface area contributed by atoms with Crippen LogP contribution < -0.4 is 5.32 Å². The molecule has 0 amide bonds. The Morgan fingerprint density at radius 1 is 1.40 bits per heavy atom. The summed E-state index contributed by atoms with van der Waals surface area (Å²) in [6.07, 6.45) is 6.75. The predicted octanol–water partition coefficient (Wildman–Crippen LogP) is 2.18. The second-order valence-electron chi connectivity index (χ2n) is 6.41. The largest absolute Gasteiger partial charge is 0.468 e. The number of carbonyl (C=O) groups excluding carboxylic acids is 1. The van der Waals surface area contributed by atoms with Crippen molar-refractivity contribution in [2.75, 3.05) is 26.7 Å². The van der Waals surface area contributed by atoms with Gasteiger partial charge in [0.15, 0.2) is 0 Å². The first-order valence-electron chi connectivity index (χ1n) is 8.22. The van der Waals surface area contributed by atoms with E-state index in [1.807, 2.05) is 0 Å². The number of nitrogens with zero attached hydrogens (tertiary/aromatic N) is 1. The van der Waals surface area contributed by atoms with E-state index in [2.05, 4.69) is 24.1 Å². The fraction of sp³-hybridized carbons (Fsp3) is 0.938. The number of likely N-dealkylation sites (N-methyl/N-ethyl adjacent to an activating group) is 1. The van der Waals surface area contributed by atoms with Crippen LogP contribution in [0.15, 0.2) is 0 Å². The third kappa shape index (κ3) is 3.17. The predicted molar refractivity (Wildman–Crippen MR) is 80.7 cm³/mol. The first-order chi connectivity index (χ1) is 9.65. The fourth-order valence-electron chi connectivity index (χ4n) is 4.04. The number of nitrogens with one attached hydrogen (secondary N) is 1. The molecule has 2 fully saturated rings. The fourth-order valence-corrected chi connectivity index (χ4v) is 4.04. The van der Waals surface area contributed by atoms with Crippen LogP contribution in [0.3, 0.4) is 0 Å². The molecule has 1 heterocycles. The van der Waals surface area contributed by atoms with Gasteiger partial charge >= 0.3 is 5.97 Å². The maximum atomic E-state index is 12.3. The zero-order chi connectivity index (χ0) is 14.6. The molecule has 0 spiro atoms. The molecule has 2 aliphatic rings. The van der Waals surface area contributed by atoms with Crippen LogP contribution in [0.5, 0.6) is 0 Å². The first kappa shape index (κ1) is 15.8. The van der Waals surface area contributed by atoms with E-state index >= 15 is 0 Å². The Morgan fingerprint density at radius 3 is 2.80 bits per heavy atom. The molecular weight excluding hydrogens is 252 g/mol. The molecule has 1 aliphatic heterocycles. The lowest BCUT2D eigenvalue weighted by Gasteiger charge is -2.42. The van der Waals surface area contributed by atoms with Gasteiger partial charge in [-0.3, -0.25) is 4.79 Å². The number of carbonyl (C=O) groups is 1. The van der Waals surface area contributed by atoms with Gasteiger partial charge in [-0.05, 0) is 51.1 Å². The van der Waals surface area contributed by atoms with Gasteiger partial charge in [0.25, 0.3) is 0 Å². The monoisotopic (exact) mass is 282 g/mol. The van der Waals surface area contributed by atoms with Gasteiger partial charge in [0.1, 0.15) is 5.54 Å². The summed E-state index contributed by atoms with van der Waals surface area (Å²) in [6.45, 7) is 7.58. The number of esters is 1. The number of rotatable bonds is 5. The molecule has 2 rings (SSSR count). The van der Waals surface area contributed by atoms with E-state index in [4.69, 9.17) is 4.74 Å². The van der Waals surface area contributed by atoms with Gasteiger partial charge in [0, 0.05) is 12.6 Å². The summed E-state index contributed by atoms with van der Waals surface area (Å²) in [5.74, 6) is 0.777. The van der Waals surface area contributed by atoms with Gasteiger partial charge < -0.3 is 15.0 Å². The van der Waals surface area contributed by atoms with Crippen molar-refractivity contribution in [1.29, 1.82) is 0 Å². The molecule has 0 aromatic carbocycles. The first-order valence-corrected chi connectivity index (χ1v) is 8.22. The van der Waals surface area contributed by atoms with Crippen molar-refractivity contribution in [3.8, 4) is 0 Å². The van der Waals surface area contributed by atoms with Crippen LogP contribution >= 0.6 is 0 Å². The van der Waals surface area contributed by atoms with Gasteiger partial charge in [-0.1, -0.05) is 20.3 Å². The van der Waals surface area contributed by atoms with Crippen molar-refractivity contribution < 1.29 is 9.53 Å². The number of methoxy groups -OCH3 is 1. The van der Waals surface area contributed by atoms with E-state index in [-0.39, 0.29) is 5.97 Å². The number of likely N-dealkylation sites (tertiary alicyclic amines) is 1. The highest BCUT2D eigenvalue weighted by Crippen LogP contribution is 2.35. The second kappa shape index (κ2) is 6.90. The summed E-state index contributed by atoms with van der Waals surface area (Å²) in [4.78, 5) is 14.9. The highest BCUT2D eigenvalue weighted by molar-refractivity contribution is 5.81. The van der Waals surface area contributed by atoms with Crippen molar-refractivity contribution in [1.82, 2.24) is 10.2 Å². The average molecular weight is 282 g/mol. The van der Waals surface area contributed by atoms with E-state index in [0.717, 1.165) is 31.7 Å². The Labute approximate surface area is 123 Å². The highest BCUT2D eigenvalue weighted by atomic mass is 16.5. The van der Waals surface area contributed by atoms with Gasteiger partial charge in [-0.25, -0.2) is 0 Å². The van der Waals surface area contributed by atoms with Gasteiger partial charge in [-0.15, -0.1) is 0 Å². The highest BCUT2D eigenvalue weighted by Gasteiger charge is 2.45. The molecule has 4 nitrogen and oxygen atoms in total. The van der Waals surface area contributed by atoms with Gasteiger partial charge in [0.2, 0.25) is 0 Å². The molecule has 4 heteroatoms. The number of ether oxygens (including phenoxy) is 1. The summed E-state index contributed by atoms with van der Waals surface area (Å²) in [6, 6.07) is 0.540. The van der Waals surface area contributed by atoms with E-state index in [1.165, 1.54) is 39.5 Å². The van der Waals surface area contributed by atoms with Gasteiger partial charge in [0.05, 0.1) is 7.11 Å². The molecule has 1 saturated carbocycles. The lowest BCUT2D eigenvalue weighted by molar-refractivity contribution is -0.151. The Bertz CT molecular complexity index is 330. The quantitative estimate of drug-likeness (QED) is 0.785. The van der Waals surface area contributed by atoms with Crippen molar-refractivity contribution >= 4 is 5.97 Å². The zero-order valence-electron chi connectivity index (χ0n) is 13.3. The summed E-state index contributed by atoms with van der Waals surface area (Å²) < 4.78 is 5.08. The third-order valence-corrected chi connectivity index (χ3v) is 5.23. The maximum absolute atomic E-state index is 12.3. The molecule has 20 heavy (non-hydrogen) atoms. The molecular formula is C16H30N2O2. The molecule has 1 saturated heterocycles. The van der Waals surface area contributed by atoms with Crippen molar-refractivity contribution in [3.63, 3.8) is 0 Å². The minimum absolute atomic E-state index is 0.0738. The van der Waals surface area contributed by atoms with Crippen LogP contribution in [0.1, 0.15) is 52.4 Å². The molecule has 1 N–H and O–H groups in total. The van der Waals surface area contributed by atoms with E-state index in [9.17, 15) is 4.79 Å². The molecule has 3 atom stereocenters. The topological polar surface area (TPSA) is 41.6 Å². The second-order valence-corrected chi connectivity index (χ2v) is 6.41. The normalized spacial score (nSPS) is 35.1. The lowest BCUT2D eigenvalue weighted by atomic mass is 9.78. The van der Waals surface area contributed by atoms with Crippen LogP contribution in [-0.4, -0.2) is 49.2 Å². The molecule has 0 radical (unpaired) electrons. The molecule has 116 valence electrons. The molecule has 1 aliphatic carbocycles. The maximum Gasteiger partial charge on any atom is 0.326 e. The van der Waals surface area contributed by atoms with Gasteiger partial charge in [-0.2, -0.15) is 0 Å². The van der Waals surface area contributed by atoms with Crippen LogP contribution in [0, 0.1) is 5.92 Å². The van der Waals surface area contributed by atoms with E-state index in [1.54, 1.807) is 0 Å². The SMILES string of the molecule is CCNC1(C(=O)OC)CCCC(N2CCC(CC)C2)C1. The Hall–Kier alpha value is -0.610. The summed E-state index contributed by atoms with van der Waals surface area (Å²) in [7, 11) is 1.51. The van der Waals surface area contributed by atoms with Crippen LogP contribution in [0.2, 0.25) is 0 Å². The van der Waals surface area contributed by atoms with Crippen LogP contribution in [-0.2, 0) is 9.53 Å². The Balaban J connectivity index is 2.04. The minimum Gasteiger partial charge on any atom is -0.468 e. The zero-order valence-corrected chi connectivity index (χ0v) is 13.3. The van der Waals surface area contributed by atoms with E-state index < -0.39 is 5.54 Å². The molecule has 3 unspecified atom stereocenters. The summed E-state index contributed by atoms with van der Waals surface area (Å²) >= 11 is 0. The molecule has 0 aromatic rings. The standard InChI is InChI=1S/C16H30N2O2/c1-4-13-8-10-18(12-13)14-7-6-9-16(11-14,17-5-2)15(19)20-3/h13-14,17H,4-12H2,1-3H3. The van der Waals surface area contributed by atoms with Crippen molar-refractivity contribution in [2.24, 2.45) is 5.92 Å². The van der Waals surface area contributed by atoms with E-state index in [0.29, 0.717) is 6.04 Å². The molecule has 0 bridgehead atoms. The smallest absolute Gasteiger partial charge is 0.326 e. The molecule has 0 aromatic heterocycles. The van der Waals surface area contributed by atoms with Crippen molar-refractivity contribution in [2.45, 2.75) is 64.0 Å². The Kier molecular flexibility index (Phi) is 5.44. The Morgan fingerprint density at radius 2 is 2.20 bits per heavy atom. The minimum atomic E-state index is -0.448. The third-order valence-electron chi connectivity index (χ3n) is 5.23. The summed E-state index contributed by atoms with van der Waals surface area (Å²) in [5, 5.41) is 3.43. The number of hydrogen-bond donors (Lipinski definition) is 1. The van der Waals surface area contributed by atoms with Crippen LogP contribution in [0.25, 0.3) is 0 Å². The average Bonchev–Trinajstić information content (AvgIpc) is 2.96. The lowest BCUT2D eigenvalue weighted by Crippen LogP contribution is -2.58. The summed E-state index contributed by atoms with van der Waals surface area (Å²) in [5.41, 5.74) is -0.448. The van der Waals surface area contributed by atoms with Crippen molar-refractivity contribution in [3.05, 3.63) is 0 Å².